The molecule has 0 spiro atoms. The fraction of sp³-hybridized carbons (Fsp3) is 0.533. The number of aromatic amines is 1. The van der Waals surface area contributed by atoms with Crippen molar-refractivity contribution in [2.24, 2.45) is 0 Å². The van der Waals surface area contributed by atoms with Crippen molar-refractivity contribution in [1.29, 1.82) is 0 Å². The summed E-state index contributed by atoms with van der Waals surface area (Å²) < 4.78 is 0.609. The molecule has 2 amide bonds. The quantitative estimate of drug-likeness (QED) is 0.592. The lowest BCUT2D eigenvalue weighted by atomic mass is 10.1. The zero-order valence-electron chi connectivity index (χ0n) is 12.5. The third-order valence-electron chi connectivity index (χ3n) is 3.50. The molecule has 1 aliphatic rings. The Kier molecular flexibility index (Phi) is 6.92. The summed E-state index contributed by atoms with van der Waals surface area (Å²) in [6, 6.07) is 3.41. The number of rotatable bonds is 7. The van der Waals surface area contributed by atoms with Gasteiger partial charge in [-0.1, -0.05) is 18.6 Å². The van der Waals surface area contributed by atoms with Gasteiger partial charge in [0.15, 0.2) is 0 Å². The number of hydrogen-bond acceptors (Lipinski definition) is 4. The Morgan fingerprint density at radius 2 is 2.18 bits per heavy atom. The summed E-state index contributed by atoms with van der Waals surface area (Å²) in [5.74, 6) is 2.06. The second-order valence-corrected chi connectivity index (χ2v) is 6.72. The molecule has 1 aromatic rings. The molecule has 0 aromatic carbocycles. The van der Waals surface area contributed by atoms with Crippen molar-refractivity contribution in [2.75, 3.05) is 24.7 Å². The average Bonchev–Trinajstić information content (AvgIpc) is 3.05. The number of unbranched alkanes of at least 4 members (excludes halogenated alkanes) is 2. The molecular weight excluding hydrogens is 318 g/mol. The van der Waals surface area contributed by atoms with Crippen LogP contribution in [0.15, 0.2) is 18.3 Å². The van der Waals surface area contributed by atoms with Crippen LogP contribution in [0.5, 0.6) is 0 Å². The van der Waals surface area contributed by atoms with Gasteiger partial charge >= 0.3 is 0 Å². The van der Waals surface area contributed by atoms with E-state index in [9.17, 15) is 9.59 Å². The van der Waals surface area contributed by atoms with Crippen molar-refractivity contribution in [1.82, 2.24) is 15.2 Å². The van der Waals surface area contributed by atoms with E-state index in [-0.39, 0.29) is 11.8 Å². The van der Waals surface area contributed by atoms with Gasteiger partial charge in [0.25, 0.3) is 5.91 Å². The summed E-state index contributed by atoms with van der Waals surface area (Å²) >= 11 is 6.74. The Bertz CT molecular complexity index is 548. The van der Waals surface area contributed by atoms with Crippen LogP contribution in [0, 0.1) is 4.64 Å². The number of carbonyl (C=O) groups is 2. The highest BCUT2D eigenvalue weighted by molar-refractivity contribution is 7.99. The summed E-state index contributed by atoms with van der Waals surface area (Å²) in [6.45, 7) is 1.52. The van der Waals surface area contributed by atoms with E-state index >= 15 is 0 Å². The van der Waals surface area contributed by atoms with Crippen LogP contribution in [0.25, 0.3) is 0 Å². The molecule has 1 saturated heterocycles. The molecule has 0 bridgehead atoms. The normalized spacial score (nSPS) is 14.1. The maximum Gasteiger partial charge on any atom is 0.252 e. The zero-order chi connectivity index (χ0) is 15.8. The van der Waals surface area contributed by atoms with Crippen molar-refractivity contribution in [3.8, 4) is 0 Å². The van der Waals surface area contributed by atoms with Crippen LogP contribution in [-0.2, 0) is 4.79 Å². The summed E-state index contributed by atoms with van der Waals surface area (Å²) in [4.78, 5) is 28.4. The molecule has 1 aromatic heterocycles. The van der Waals surface area contributed by atoms with E-state index in [1.165, 1.54) is 0 Å². The Morgan fingerprint density at radius 1 is 1.32 bits per heavy atom. The third kappa shape index (κ3) is 5.46. The van der Waals surface area contributed by atoms with Gasteiger partial charge in [0, 0.05) is 31.5 Å². The molecule has 2 N–H and O–H groups in total. The minimum Gasteiger partial charge on any atom is -0.352 e. The van der Waals surface area contributed by atoms with Crippen LogP contribution in [0.3, 0.4) is 0 Å². The van der Waals surface area contributed by atoms with E-state index in [0.29, 0.717) is 23.2 Å². The van der Waals surface area contributed by atoms with Gasteiger partial charge in [-0.25, -0.2) is 0 Å². The van der Waals surface area contributed by atoms with E-state index in [2.05, 4.69) is 10.3 Å². The van der Waals surface area contributed by atoms with Gasteiger partial charge in [-0.2, -0.15) is 0 Å². The van der Waals surface area contributed by atoms with Crippen LogP contribution < -0.4 is 5.32 Å². The largest absolute Gasteiger partial charge is 0.352 e. The molecule has 5 nitrogen and oxygen atoms in total. The topological polar surface area (TPSA) is 65.2 Å². The van der Waals surface area contributed by atoms with Gasteiger partial charge in [0.2, 0.25) is 5.91 Å². The van der Waals surface area contributed by atoms with Gasteiger partial charge in [0.05, 0.1) is 11.4 Å². The first-order valence-electron chi connectivity index (χ1n) is 7.49. The van der Waals surface area contributed by atoms with E-state index in [1.807, 2.05) is 16.7 Å². The Hall–Kier alpha value is -1.34. The smallest absolute Gasteiger partial charge is 0.252 e. The number of pyridine rings is 1. The van der Waals surface area contributed by atoms with E-state index in [1.54, 1.807) is 18.3 Å². The lowest BCUT2D eigenvalue weighted by Crippen LogP contribution is -2.27. The molecule has 0 unspecified atom stereocenters. The molecule has 0 saturated carbocycles. The van der Waals surface area contributed by atoms with Gasteiger partial charge in [-0.15, -0.1) is 11.8 Å². The summed E-state index contributed by atoms with van der Waals surface area (Å²) in [5.41, 5.74) is 0.579. The highest BCUT2D eigenvalue weighted by Crippen LogP contribution is 2.15. The Balaban J connectivity index is 1.55. The molecule has 1 aliphatic heterocycles. The molecule has 1 fully saturated rings. The van der Waals surface area contributed by atoms with Crippen LogP contribution in [0.4, 0.5) is 0 Å². The number of aromatic nitrogens is 1. The van der Waals surface area contributed by atoms with Crippen molar-refractivity contribution in [3.05, 3.63) is 28.5 Å². The number of H-pyrrole nitrogens is 1. The number of amides is 2. The average molecular weight is 339 g/mol. The summed E-state index contributed by atoms with van der Waals surface area (Å²) in [5, 5.41) is 2.87. The number of nitrogens with zero attached hydrogens (tertiary/aromatic N) is 1. The van der Waals surface area contributed by atoms with Crippen LogP contribution in [-0.4, -0.2) is 46.4 Å². The Morgan fingerprint density at radius 3 is 2.86 bits per heavy atom. The molecule has 2 heterocycles. The SMILES string of the molecule is O=C(NCCCCCC(=O)N1CCSC1)c1ccc(=S)[nH]c1. The minimum atomic E-state index is -0.101. The second-order valence-electron chi connectivity index (χ2n) is 5.20. The highest BCUT2D eigenvalue weighted by Gasteiger charge is 2.17. The van der Waals surface area contributed by atoms with Crippen molar-refractivity contribution in [3.63, 3.8) is 0 Å². The first-order chi connectivity index (χ1) is 10.7. The van der Waals surface area contributed by atoms with E-state index in [0.717, 1.165) is 37.4 Å². The lowest BCUT2D eigenvalue weighted by Gasteiger charge is -2.13. The predicted molar refractivity (Wildman–Crippen MR) is 91.5 cm³/mol. The number of nitrogens with one attached hydrogen (secondary N) is 2. The zero-order valence-corrected chi connectivity index (χ0v) is 14.1. The second kappa shape index (κ2) is 8.95. The fourth-order valence-corrected chi connectivity index (χ4v) is 3.30. The van der Waals surface area contributed by atoms with Gasteiger partial charge < -0.3 is 15.2 Å². The first kappa shape index (κ1) is 17.0. The number of thioether (sulfide) groups is 1. The van der Waals surface area contributed by atoms with E-state index < -0.39 is 0 Å². The fourth-order valence-electron chi connectivity index (χ4n) is 2.20. The molecule has 7 heteroatoms. The van der Waals surface area contributed by atoms with Gasteiger partial charge in [-0.3, -0.25) is 9.59 Å². The van der Waals surface area contributed by atoms with Crippen LogP contribution in [0.1, 0.15) is 36.0 Å². The van der Waals surface area contributed by atoms with Gasteiger partial charge in [0.1, 0.15) is 4.64 Å². The summed E-state index contributed by atoms with van der Waals surface area (Å²) in [7, 11) is 0. The highest BCUT2D eigenvalue weighted by atomic mass is 32.2. The first-order valence-corrected chi connectivity index (χ1v) is 9.05. The standard InChI is InChI=1S/C15H21N3O2S2/c19-14(18-8-9-22-11-18)4-2-1-3-7-16-15(20)12-5-6-13(21)17-10-12/h5-6,10H,1-4,7-9,11H2,(H,16,20)(H,17,21). The van der Waals surface area contributed by atoms with Crippen molar-refractivity contribution < 1.29 is 9.59 Å². The summed E-state index contributed by atoms with van der Waals surface area (Å²) in [6.07, 6.45) is 4.95. The molecule has 2 rings (SSSR count). The van der Waals surface area contributed by atoms with E-state index in [4.69, 9.17) is 12.2 Å². The third-order valence-corrected chi connectivity index (χ3v) is 4.72. The maximum atomic E-state index is 11.8. The molecular formula is C15H21N3O2S2. The number of hydrogen-bond donors (Lipinski definition) is 2. The maximum absolute atomic E-state index is 11.8. The van der Waals surface area contributed by atoms with Crippen molar-refractivity contribution >= 4 is 35.8 Å². The predicted octanol–water partition coefficient (Wildman–Crippen LogP) is 2.57. The molecule has 0 radical (unpaired) electrons. The molecule has 22 heavy (non-hydrogen) atoms. The minimum absolute atomic E-state index is 0.101. The van der Waals surface area contributed by atoms with Crippen LogP contribution in [0.2, 0.25) is 0 Å². The molecule has 120 valence electrons. The monoisotopic (exact) mass is 339 g/mol. The molecule has 0 atom stereocenters. The van der Waals surface area contributed by atoms with Crippen LogP contribution >= 0.6 is 24.0 Å². The Labute approximate surface area is 139 Å². The number of carbonyl (C=O) groups excluding carboxylic acids is 2. The lowest BCUT2D eigenvalue weighted by molar-refractivity contribution is -0.129. The van der Waals surface area contributed by atoms with Gasteiger partial charge in [-0.05, 0) is 25.0 Å². The van der Waals surface area contributed by atoms with Crippen molar-refractivity contribution in [2.45, 2.75) is 25.7 Å². The molecule has 0 aliphatic carbocycles.